The van der Waals surface area contributed by atoms with Crippen LogP contribution in [0, 0.1) is 5.92 Å². The number of rotatable bonds is 4. The minimum atomic E-state index is -4.46. The lowest BCUT2D eigenvalue weighted by molar-refractivity contribution is -0.141. The molecule has 2 amide bonds. The molecule has 1 N–H and O–H groups in total. The lowest BCUT2D eigenvalue weighted by atomic mass is 9.91. The molecule has 0 saturated carbocycles. The number of carbonyl (C=O) groups excluding carboxylic acids is 1. The maximum atomic E-state index is 12.5. The molecule has 144 valence electrons. The first kappa shape index (κ1) is 19.1. The molecule has 0 spiro atoms. The number of nitrogens with zero attached hydrogens (tertiary/aromatic N) is 3. The van der Waals surface area contributed by atoms with Gasteiger partial charge in [-0.05, 0) is 48.4 Å². The summed E-state index contributed by atoms with van der Waals surface area (Å²) < 4.78 is 37.5. The van der Waals surface area contributed by atoms with Gasteiger partial charge in [-0.2, -0.15) is 13.2 Å². The fourth-order valence-corrected chi connectivity index (χ4v) is 3.18. The van der Waals surface area contributed by atoms with Gasteiger partial charge in [0.15, 0.2) is 0 Å². The second kappa shape index (κ2) is 8.37. The summed E-state index contributed by atoms with van der Waals surface area (Å²) in [4.78, 5) is 21.5. The molecule has 0 atom stereocenters. The summed E-state index contributed by atoms with van der Waals surface area (Å²) in [5.41, 5.74) is 0.797. The summed E-state index contributed by atoms with van der Waals surface area (Å²) in [6.45, 7) is 1.49. The van der Waals surface area contributed by atoms with Crippen molar-refractivity contribution in [3.8, 4) is 0 Å². The lowest BCUT2D eigenvalue weighted by Gasteiger charge is -2.32. The Morgan fingerprint density at radius 2 is 1.93 bits per heavy atom. The van der Waals surface area contributed by atoms with Crippen molar-refractivity contribution < 1.29 is 18.0 Å². The van der Waals surface area contributed by atoms with Crippen LogP contribution < -0.4 is 5.32 Å². The second-order valence-corrected chi connectivity index (χ2v) is 6.70. The SMILES string of the molecule is O=C(NCc1ccc(C(F)(F)F)nc1)N1CCC(Cc2cccnc2)CC1. The van der Waals surface area contributed by atoms with Crippen LogP contribution in [0.25, 0.3) is 0 Å². The van der Waals surface area contributed by atoms with Gasteiger partial charge in [0.05, 0.1) is 0 Å². The van der Waals surface area contributed by atoms with Gasteiger partial charge in [-0.25, -0.2) is 4.79 Å². The summed E-state index contributed by atoms with van der Waals surface area (Å²) in [6, 6.07) is 6.04. The Bertz CT molecular complexity index is 742. The van der Waals surface area contributed by atoms with Gasteiger partial charge >= 0.3 is 12.2 Å². The third kappa shape index (κ3) is 5.42. The highest BCUT2D eigenvalue weighted by atomic mass is 19.4. The zero-order valence-electron chi connectivity index (χ0n) is 14.7. The number of urea groups is 1. The monoisotopic (exact) mass is 378 g/mol. The Morgan fingerprint density at radius 1 is 1.15 bits per heavy atom. The van der Waals surface area contributed by atoms with Crippen LogP contribution in [0.3, 0.4) is 0 Å². The number of hydrogen-bond donors (Lipinski definition) is 1. The van der Waals surface area contributed by atoms with Crippen LogP contribution >= 0.6 is 0 Å². The summed E-state index contributed by atoms with van der Waals surface area (Å²) in [5, 5.41) is 2.75. The van der Waals surface area contributed by atoms with Crippen LogP contribution in [0.15, 0.2) is 42.9 Å². The van der Waals surface area contributed by atoms with E-state index in [2.05, 4.69) is 21.4 Å². The van der Waals surface area contributed by atoms with Crippen LogP contribution in [0.1, 0.15) is 29.7 Å². The van der Waals surface area contributed by atoms with Crippen molar-refractivity contribution in [2.24, 2.45) is 5.92 Å². The Labute approximate surface area is 155 Å². The van der Waals surface area contributed by atoms with Gasteiger partial charge in [-0.1, -0.05) is 12.1 Å². The number of nitrogens with one attached hydrogen (secondary N) is 1. The predicted octanol–water partition coefficient (Wildman–Crippen LogP) is 3.66. The van der Waals surface area contributed by atoms with E-state index in [0.29, 0.717) is 24.6 Å². The van der Waals surface area contributed by atoms with E-state index in [4.69, 9.17) is 0 Å². The highest BCUT2D eigenvalue weighted by Crippen LogP contribution is 2.27. The minimum absolute atomic E-state index is 0.152. The largest absolute Gasteiger partial charge is 0.433 e. The van der Waals surface area contributed by atoms with Gasteiger partial charge in [0.25, 0.3) is 0 Å². The molecule has 0 unspecified atom stereocenters. The van der Waals surface area contributed by atoms with E-state index in [1.54, 1.807) is 11.1 Å². The van der Waals surface area contributed by atoms with Gasteiger partial charge in [0, 0.05) is 38.2 Å². The third-order valence-corrected chi connectivity index (χ3v) is 4.71. The number of alkyl halides is 3. The molecule has 0 aromatic carbocycles. The average Bonchev–Trinajstić information content (AvgIpc) is 2.67. The highest BCUT2D eigenvalue weighted by Gasteiger charge is 2.32. The average molecular weight is 378 g/mol. The van der Waals surface area contributed by atoms with E-state index in [1.165, 1.54) is 11.6 Å². The molecule has 0 bridgehead atoms. The molecule has 2 aromatic rings. The number of amides is 2. The molecular weight excluding hydrogens is 357 g/mol. The van der Waals surface area contributed by atoms with Gasteiger partial charge < -0.3 is 10.2 Å². The number of pyridine rings is 2. The number of aromatic nitrogens is 2. The first-order chi connectivity index (χ1) is 12.9. The number of piperidine rings is 1. The van der Waals surface area contributed by atoms with Gasteiger partial charge in [0.2, 0.25) is 0 Å². The van der Waals surface area contributed by atoms with Crippen LogP contribution in [-0.4, -0.2) is 34.0 Å². The lowest BCUT2D eigenvalue weighted by Crippen LogP contribution is -2.44. The van der Waals surface area contributed by atoms with Crippen molar-refractivity contribution in [2.45, 2.75) is 32.0 Å². The van der Waals surface area contributed by atoms with E-state index >= 15 is 0 Å². The number of carbonyl (C=O) groups is 1. The van der Waals surface area contributed by atoms with Crippen molar-refractivity contribution in [2.75, 3.05) is 13.1 Å². The minimum Gasteiger partial charge on any atom is -0.334 e. The fourth-order valence-electron chi connectivity index (χ4n) is 3.18. The summed E-state index contributed by atoms with van der Waals surface area (Å²) in [5.74, 6) is 0.525. The van der Waals surface area contributed by atoms with Crippen molar-refractivity contribution in [3.05, 3.63) is 59.7 Å². The molecule has 27 heavy (non-hydrogen) atoms. The number of likely N-dealkylation sites (tertiary alicyclic amines) is 1. The standard InChI is InChI=1S/C19H21F3N4O/c20-19(21,22)17-4-3-16(12-24-17)13-25-18(27)26-8-5-14(6-9-26)10-15-2-1-7-23-11-15/h1-4,7,11-12,14H,5-6,8-10,13H2,(H,25,27). The zero-order valence-corrected chi connectivity index (χ0v) is 14.7. The van der Waals surface area contributed by atoms with E-state index in [-0.39, 0.29) is 12.6 Å². The van der Waals surface area contributed by atoms with E-state index in [0.717, 1.165) is 31.5 Å². The zero-order chi connectivity index (χ0) is 19.3. The van der Waals surface area contributed by atoms with Crippen LogP contribution in [0.2, 0.25) is 0 Å². The summed E-state index contributed by atoms with van der Waals surface area (Å²) >= 11 is 0. The quantitative estimate of drug-likeness (QED) is 0.883. The smallest absolute Gasteiger partial charge is 0.334 e. The van der Waals surface area contributed by atoms with Gasteiger partial charge in [0.1, 0.15) is 5.69 Å². The number of halogens is 3. The first-order valence-electron chi connectivity index (χ1n) is 8.85. The van der Waals surface area contributed by atoms with Crippen LogP contribution in [0.5, 0.6) is 0 Å². The van der Waals surface area contributed by atoms with E-state index in [9.17, 15) is 18.0 Å². The summed E-state index contributed by atoms with van der Waals surface area (Å²) in [6.07, 6.45) is 3.11. The number of hydrogen-bond acceptors (Lipinski definition) is 3. The van der Waals surface area contributed by atoms with Crippen molar-refractivity contribution in [1.29, 1.82) is 0 Å². The van der Waals surface area contributed by atoms with Crippen molar-refractivity contribution >= 4 is 6.03 Å². The van der Waals surface area contributed by atoms with E-state index < -0.39 is 11.9 Å². The van der Waals surface area contributed by atoms with Crippen molar-refractivity contribution in [1.82, 2.24) is 20.2 Å². The molecule has 1 aliphatic heterocycles. The molecule has 1 aliphatic rings. The van der Waals surface area contributed by atoms with Gasteiger partial charge in [-0.3, -0.25) is 9.97 Å². The Hall–Kier alpha value is -2.64. The molecule has 5 nitrogen and oxygen atoms in total. The maximum absolute atomic E-state index is 12.5. The van der Waals surface area contributed by atoms with Crippen LogP contribution in [-0.2, 0) is 19.1 Å². The molecule has 0 radical (unpaired) electrons. The fraction of sp³-hybridized carbons (Fsp3) is 0.421. The third-order valence-electron chi connectivity index (χ3n) is 4.71. The Balaban J connectivity index is 1.43. The summed E-state index contributed by atoms with van der Waals surface area (Å²) in [7, 11) is 0. The normalized spacial score (nSPS) is 15.6. The molecule has 3 heterocycles. The molecule has 0 aliphatic carbocycles. The van der Waals surface area contributed by atoms with Gasteiger partial charge in [-0.15, -0.1) is 0 Å². The Kier molecular flexibility index (Phi) is 5.93. The molecule has 1 fully saturated rings. The Morgan fingerprint density at radius 3 is 2.52 bits per heavy atom. The molecule has 3 rings (SSSR count). The molecule has 8 heteroatoms. The highest BCUT2D eigenvalue weighted by molar-refractivity contribution is 5.74. The maximum Gasteiger partial charge on any atom is 0.433 e. The van der Waals surface area contributed by atoms with Crippen LogP contribution in [0.4, 0.5) is 18.0 Å². The first-order valence-corrected chi connectivity index (χ1v) is 8.85. The molecule has 2 aromatic heterocycles. The molecule has 1 saturated heterocycles. The predicted molar refractivity (Wildman–Crippen MR) is 93.7 cm³/mol. The van der Waals surface area contributed by atoms with Crippen molar-refractivity contribution in [3.63, 3.8) is 0 Å². The molecular formula is C19H21F3N4O. The second-order valence-electron chi connectivity index (χ2n) is 6.70. The topological polar surface area (TPSA) is 58.1 Å². The van der Waals surface area contributed by atoms with E-state index in [1.807, 2.05) is 12.3 Å².